The molecule has 1 aromatic heterocycles. The molecule has 1 aliphatic carbocycles. The molecule has 0 spiro atoms. The topological polar surface area (TPSA) is 62.3 Å². The van der Waals surface area contributed by atoms with Gasteiger partial charge in [-0.3, -0.25) is 9.59 Å². The van der Waals surface area contributed by atoms with Crippen molar-refractivity contribution in [3.05, 3.63) is 40.4 Å². The molecular weight excluding hydrogens is 334 g/mol. The van der Waals surface area contributed by atoms with E-state index in [4.69, 9.17) is 11.6 Å². The maximum atomic E-state index is 12.3. The lowest BCUT2D eigenvalue weighted by Gasteiger charge is -2.15. The minimum absolute atomic E-state index is 0.0448. The van der Waals surface area contributed by atoms with E-state index in [1.807, 2.05) is 12.1 Å². The first-order valence-electron chi connectivity index (χ1n) is 7.29. The van der Waals surface area contributed by atoms with Crippen molar-refractivity contribution < 1.29 is 9.59 Å². The molecule has 0 radical (unpaired) electrons. The zero-order valence-corrected chi connectivity index (χ0v) is 14.2. The molecule has 3 rings (SSSR count). The summed E-state index contributed by atoms with van der Waals surface area (Å²) in [5.74, 6) is -0.385. The number of halogens is 1. The Labute approximate surface area is 143 Å². The molecule has 5 nitrogen and oxygen atoms in total. The Morgan fingerprint density at radius 3 is 2.70 bits per heavy atom. The molecule has 1 fully saturated rings. The third kappa shape index (κ3) is 4.09. The molecule has 1 N–H and O–H groups in total. The number of amides is 2. The van der Waals surface area contributed by atoms with Crippen LogP contribution in [-0.2, 0) is 4.79 Å². The summed E-state index contributed by atoms with van der Waals surface area (Å²) in [5, 5.41) is 5.98. The predicted molar refractivity (Wildman–Crippen MR) is 90.7 cm³/mol. The third-order valence-corrected chi connectivity index (χ3v) is 4.63. The molecule has 0 bridgehead atoms. The quantitative estimate of drug-likeness (QED) is 0.902. The van der Waals surface area contributed by atoms with Crippen LogP contribution in [-0.4, -0.2) is 41.3 Å². The molecule has 2 aromatic rings. The summed E-state index contributed by atoms with van der Waals surface area (Å²) in [6.45, 7) is 0.0448. The van der Waals surface area contributed by atoms with Gasteiger partial charge in [0.25, 0.3) is 5.91 Å². The van der Waals surface area contributed by atoms with Gasteiger partial charge < -0.3 is 10.2 Å². The smallest absolute Gasteiger partial charge is 0.273 e. The number of hydrogen-bond acceptors (Lipinski definition) is 4. The molecule has 2 amide bonds. The zero-order valence-electron chi connectivity index (χ0n) is 12.6. The van der Waals surface area contributed by atoms with Gasteiger partial charge in [0.1, 0.15) is 10.7 Å². The van der Waals surface area contributed by atoms with E-state index < -0.39 is 0 Å². The van der Waals surface area contributed by atoms with Crippen LogP contribution in [0.4, 0.5) is 0 Å². The van der Waals surface area contributed by atoms with Crippen LogP contribution in [0.2, 0.25) is 5.02 Å². The standard InChI is InChI=1S/C16H16ClN3O2S/c1-20(8-14(21)18-12-6-7-12)16(22)13-9-23-15(19-13)10-2-4-11(17)5-3-10/h2-5,9,12H,6-8H2,1H3,(H,18,21). The first-order chi connectivity index (χ1) is 11.0. The van der Waals surface area contributed by atoms with E-state index >= 15 is 0 Å². The van der Waals surface area contributed by atoms with E-state index in [-0.39, 0.29) is 18.4 Å². The second-order valence-electron chi connectivity index (χ2n) is 5.55. The second kappa shape index (κ2) is 6.68. The van der Waals surface area contributed by atoms with Gasteiger partial charge in [-0.25, -0.2) is 4.98 Å². The first kappa shape index (κ1) is 16.0. The van der Waals surface area contributed by atoms with Crippen molar-refractivity contribution >= 4 is 34.8 Å². The Kier molecular flexibility index (Phi) is 4.63. The number of carbonyl (C=O) groups is 2. The van der Waals surface area contributed by atoms with Crippen molar-refractivity contribution in [1.82, 2.24) is 15.2 Å². The van der Waals surface area contributed by atoms with E-state index in [1.54, 1.807) is 24.6 Å². The number of thiazole rings is 1. The molecule has 23 heavy (non-hydrogen) atoms. The Balaban J connectivity index is 1.65. The number of nitrogens with zero attached hydrogens (tertiary/aromatic N) is 2. The van der Waals surface area contributed by atoms with Crippen LogP contribution in [0.15, 0.2) is 29.6 Å². The largest absolute Gasteiger partial charge is 0.352 e. The van der Waals surface area contributed by atoms with Crippen molar-refractivity contribution in [2.75, 3.05) is 13.6 Å². The number of benzene rings is 1. The van der Waals surface area contributed by atoms with Crippen molar-refractivity contribution in [1.29, 1.82) is 0 Å². The highest BCUT2D eigenvalue weighted by atomic mass is 35.5. The average molecular weight is 350 g/mol. The minimum atomic E-state index is -0.257. The molecule has 1 heterocycles. The van der Waals surface area contributed by atoms with Crippen molar-refractivity contribution in [2.24, 2.45) is 0 Å². The number of nitrogens with one attached hydrogen (secondary N) is 1. The molecule has 1 saturated carbocycles. The minimum Gasteiger partial charge on any atom is -0.352 e. The van der Waals surface area contributed by atoms with Crippen LogP contribution in [0.25, 0.3) is 10.6 Å². The van der Waals surface area contributed by atoms with Crippen LogP contribution >= 0.6 is 22.9 Å². The molecular formula is C16H16ClN3O2S. The van der Waals surface area contributed by atoms with Crippen LogP contribution in [0.3, 0.4) is 0 Å². The fourth-order valence-corrected chi connectivity index (χ4v) is 3.01. The highest BCUT2D eigenvalue weighted by Crippen LogP contribution is 2.25. The Morgan fingerprint density at radius 2 is 2.04 bits per heavy atom. The molecule has 1 aromatic carbocycles. The second-order valence-corrected chi connectivity index (χ2v) is 6.84. The fraction of sp³-hybridized carbons (Fsp3) is 0.312. The molecule has 1 aliphatic rings. The third-order valence-electron chi connectivity index (χ3n) is 3.48. The Bertz CT molecular complexity index is 725. The SMILES string of the molecule is CN(CC(=O)NC1CC1)C(=O)c1csc(-c2ccc(Cl)cc2)n1. The van der Waals surface area contributed by atoms with Gasteiger partial charge in [-0.15, -0.1) is 11.3 Å². The average Bonchev–Trinajstić information content (AvgIpc) is 3.19. The maximum absolute atomic E-state index is 12.3. The Hall–Kier alpha value is -1.92. The van der Waals surface area contributed by atoms with Crippen LogP contribution in [0.1, 0.15) is 23.3 Å². The van der Waals surface area contributed by atoms with Gasteiger partial charge in [0.05, 0.1) is 6.54 Å². The summed E-state index contributed by atoms with van der Waals surface area (Å²) < 4.78 is 0. The van der Waals surface area contributed by atoms with Gasteiger partial charge in [-0.05, 0) is 25.0 Å². The van der Waals surface area contributed by atoms with E-state index in [0.717, 1.165) is 23.4 Å². The highest BCUT2D eigenvalue weighted by Gasteiger charge is 2.25. The number of likely N-dealkylation sites (N-methyl/N-ethyl adjacent to an activating group) is 1. The molecule has 0 saturated heterocycles. The van der Waals surface area contributed by atoms with Gasteiger partial charge >= 0.3 is 0 Å². The van der Waals surface area contributed by atoms with Crippen molar-refractivity contribution in [3.63, 3.8) is 0 Å². The fourth-order valence-electron chi connectivity index (χ4n) is 2.08. The van der Waals surface area contributed by atoms with Gasteiger partial charge in [-0.2, -0.15) is 0 Å². The molecule has 0 aliphatic heterocycles. The normalized spacial score (nSPS) is 13.7. The van der Waals surface area contributed by atoms with Crippen LogP contribution in [0.5, 0.6) is 0 Å². The lowest BCUT2D eigenvalue weighted by atomic mass is 10.2. The van der Waals surface area contributed by atoms with Gasteiger partial charge in [-0.1, -0.05) is 23.7 Å². The van der Waals surface area contributed by atoms with E-state index in [0.29, 0.717) is 16.8 Å². The monoisotopic (exact) mass is 349 g/mol. The summed E-state index contributed by atoms with van der Waals surface area (Å²) >= 11 is 7.26. The summed E-state index contributed by atoms with van der Waals surface area (Å²) in [6, 6.07) is 7.59. The summed E-state index contributed by atoms with van der Waals surface area (Å²) in [6.07, 6.45) is 2.06. The first-order valence-corrected chi connectivity index (χ1v) is 8.55. The Morgan fingerprint density at radius 1 is 1.35 bits per heavy atom. The molecule has 0 unspecified atom stereocenters. The van der Waals surface area contributed by atoms with Crippen LogP contribution < -0.4 is 5.32 Å². The molecule has 120 valence electrons. The van der Waals surface area contributed by atoms with E-state index in [2.05, 4.69) is 10.3 Å². The number of carbonyl (C=O) groups excluding carboxylic acids is 2. The number of hydrogen-bond donors (Lipinski definition) is 1. The maximum Gasteiger partial charge on any atom is 0.273 e. The lowest BCUT2D eigenvalue weighted by molar-refractivity contribution is -0.121. The summed E-state index contributed by atoms with van der Waals surface area (Å²) in [7, 11) is 1.61. The van der Waals surface area contributed by atoms with Crippen molar-refractivity contribution in [3.8, 4) is 10.6 Å². The zero-order chi connectivity index (χ0) is 16.4. The summed E-state index contributed by atoms with van der Waals surface area (Å²) in [5.41, 5.74) is 1.26. The van der Waals surface area contributed by atoms with Gasteiger partial charge in [0.2, 0.25) is 5.91 Å². The van der Waals surface area contributed by atoms with E-state index in [9.17, 15) is 9.59 Å². The lowest BCUT2D eigenvalue weighted by Crippen LogP contribution is -2.39. The highest BCUT2D eigenvalue weighted by molar-refractivity contribution is 7.13. The predicted octanol–water partition coefficient (Wildman–Crippen LogP) is 2.81. The molecule has 0 atom stereocenters. The summed E-state index contributed by atoms with van der Waals surface area (Å²) in [4.78, 5) is 29.9. The van der Waals surface area contributed by atoms with Crippen molar-refractivity contribution in [2.45, 2.75) is 18.9 Å². The number of rotatable bonds is 5. The van der Waals surface area contributed by atoms with E-state index in [1.165, 1.54) is 16.2 Å². The number of aromatic nitrogens is 1. The van der Waals surface area contributed by atoms with Crippen LogP contribution in [0, 0.1) is 0 Å². The van der Waals surface area contributed by atoms with Gasteiger partial charge in [0.15, 0.2) is 0 Å². The van der Waals surface area contributed by atoms with Gasteiger partial charge in [0, 0.05) is 29.1 Å². The molecule has 7 heteroatoms.